The van der Waals surface area contributed by atoms with E-state index < -0.39 is 17.2 Å². The van der Waals surface area contributed by atoms with E-state index in [4.69, 9.17) is 10.5 Å². The third-order valence-electron chi connectivity index (χ3n) is 2.84. The fourth-order valence-corrected chi connectivity index (χ4v) is 1.70. The Bertz CT molecular complexity index is 640. The monoisotopic (exact) mass is 274 g/mol. The van der Waals surface area contributed by atoms with Crippen molar-refractivity contribution in [3.05, 3.63) is 65.7 Å². The van der Waals surface area contributed by atoms with Crippen LogP contribution in [0.15, 0.2) is 48.5 Å². The highest BCUT2D eigenvalue weighted by atomic mass is 19.1. The molecule has 1 atom stereocenters. The maximum atomic E-state index is 13.4. The van der Waals surface area contributed by atoms with Crippen molar-refractivity contribution in [1.82, 2.24) is 0 Å². The van der Waals surface area contributed by atoms with Crippen molar-refractivity contribution < 1.29 is 13.5 Å². The van der Waals surface area contributed by atoms with Gasteiger partial charge in [-0.2, -0.15) is 5.26 Å². The van der Waals surface area contributed by atoms with Crippen LogP contribution in [0.1, 0.15) is 5.56 Å². The molecule has 0 saturated heterocycles. The number of nitrogens with zero attached hydrogens (tertiary/aromatic N) is 1. The van der Waals surface area contributed by atoms with Crippen molar-refractivity contribution in [2.24, 2.45) is 5.73 Å². The molecule has 2 aromatic rings. The van der Waals surface area contributed by atoms with Crippen molar-refractivity contribution in [3.63, 3.8) is 0 Å². The minimum atomic E-state index is -1.43. The molecule has 0 radical (unpaired) electrons. The van der Waals surface area contributed by atoms with Crippen LogP contribution in [-0.4, -0.2) is 6.61 Å². The number of ether oxygens (including phenoxy) is 1. The summed E-state index contributed by atoms with van der Waals surface area (Å²) in [6.07, 6.45) is 0. The predicted molar refractivity (Wildman–Crippen MR) is 69.8 cm³/mol. The van der Waals surface area contributed by atoms with Gasteiger partial charge in [0.25, 0.3) is 0 Å². The summed E-state index contributed by atoms with van der Waals surface area (Å²) >= 11 is 0. The first-order valence-corrected chi connectivity index (χ1v) is 5.89. The standard InChI is InChI=1S/C15H12F2N2O/c16-12-6-7-13(17)14(8-12)20-10-15(19,9-18)11-4-2-1-3-5-11/h1-8H,10,19H2. The van der Waals surface area contributed by atoms with Gasteiger partial charge in [0.1, 0.15) is 12.4 Å². The third kappa shape index (κ3) is 2.92. The van der Waals surface area contributed by atoms with Gasteiger partial charge >= 0.3 is 0 Å². The van der Waals surface area contributed by atoms with Gasteiger partial charge in [0.15, 0.2) is 17.1 Å². The molecule has 0 aromatic heterocycles. The molecule has 0 aliphatic heterocycles. The third-order valence-corrected chi connectivity index (χ3v) is 2.84. The summed E-state index contributed by atoms with van der Waals surface area (Å²) in [5.74, 6) is -1.61. The second-order valence-corrected chi connectivity index (χ2v) is 4.31. The summed E-state index contributed by atoms with van der Waals surface area (Å²) in [5, 5.41) is 9.22. The molecule has 0 fully saturated rings. The van der Waals surface area contributed by atoms with Crippen molar-refractivity contribution in [2.45, 2.75) is 5.54 Å². The smallest absolute Gasteiger partial charge is 0.165 e. The maximum absolute atomic E-state index is 13.4. The summed E-state index contributed by atoms with van der Waals surface area (Å²) < 4.78 is 31.6. The molecule has 2 rings (SSSR count). The van der Waals surface area contributed by atoms with E-state index in [0.29, 0.717) is 5.56 Å². The molecule has 5 heteroatoms. The number of hydrogen-bond acceptors (Lipinski definition) is 3. The van der Waals surface area contributed by atoms with Gasteiger partial charge in [-0.25, -0.2) is 8.78 Å². The van der Waals surface area contributed by atoms with Crippen LogP contribution in [-0.2, 0) is 5.54 Å². The van der Waals surface area contributed by atoms with Gasteiger partial charge in [-0.1, -0.05) is 30.3 Å². The minimum absolute atomic E-state index is 0.272. The molecular weight excluding hydrogens is 262 g/mol. The molecule has 0 aliphatic rings. The van der Waals surface area contributed by atoms with E-state index in [1.54, 1.807) is 30.3 Å². The molecule has 2 aromatic carbocycles. The molecule has 2 N–H and O–H groups in total. The van der Waals surface area contributed by atoms with Crippen LogP contribution in [0.4, 0.5) is 8.78 Å². The summed E-state index contributed by atoms with van der Waals surface area (Å²) in [5.41, 5.74) is 5.06. The molecule has 0 bridgehead atoms. The molecule has 0 saturated carbocycles. The zero-order chi connectivity index (χ0) is 14.6. The van der Waals surface area contributed by atoms with Crippen molar-refractivity contribution in [2.75, 3.05) is 6.61 Å². The van der Waals surface area contributed by atoms with Crippen LogP contribution in [0.25, 0.3) is 0 Å². The average molecular weight is 274 g/mol. The lowest BCUT2D eigenvalue weighted by molar-refractivity contribution is 0.244. The lowest BCUT2D eigenvalue weighted by Gasteiger charge is -2.22. The minimum Gasteiger partial charge on any atom is -0.487 e. The summed E-state index contributed by atoms with van der Waals surface area (Å²) in [6.45, 7) is -0.284. The Balaban J connectivity index is 2.20. The van der Waals surface area contributed by atoms with E-state index in [0.717, 1.165) is 18.2 Å². The quantitative estimate of drug-likeness (QED) is 0.932. The summed E-state index contributed by atoms with van der Waals surface area (Å²) in [6, 6.07) is 13.4. The van der Waals surface area contributed by atoms with Gasteiger partial charge in [-0.05, 0) is 17.7 Å². The zero-order valence-electron chi connectivity index (χ0n) is 10.5. The fourth-order valence-electron chi connectivity index (χ4n) is 1.70. The van der Waals surface area contributed by atoms with Gasteiger partial charge in [-0.3, -0.25) is 0 Å². The normalized spacial score (nSPS) is 13.3. The highest BCUT2D eigenvalue weighted by Gasteiger charge is 2.28. The number of benzene rings is 2. The van der Waals surface area contributed by atoms with E-state index in [-0.39, 0.29) is 12.4 Å². The average Bonchev–Trinajstić information content (AvgIpc) is 2.49. The topological polar surface area (TPSA) is 59.0 Å². The Morgan fingerprint density at radius 1 is 1.15 bits per heavy atom. The molecular formula is C15H12F2N2O. The highest BCUT2D eigenvalue weighted by molar-refractivity contribution is 5.32. The zero-order valence-corrected chi connectivity index (χ0v) is 10.5. The van der Waals surface area contributed by atoms with Crippen LogP contribution < -0.4 is 10.5 Å². The Morgan fingerprint density at radius 2 is 1.85 bits per heavy atom. The second kappa shape index (κ2) is 5.68. The Kier molecular flexibility index (Phi) is 3.97. The first-order chi connectivity index (χ1) is 9.55. The number of rotatable bonds is 4. The van der Waals surface area contributed by atoms with E-state index >= 15 is 0 Å². The molecule has 3 nitrogen and oxygen atoms in total. The van der Waals surface area contributed by atoms with Crippen LogP contribution in [0.2, 0.25) is 0 Å². The SMILES string of the molecule is N#CC(N)(COc1cc(F)ccc1F)c1ccccc1. The van der Waals surface area contributed by atoms with Gasteiger partial charge in [0, 0.05) is 6.07 Å². The maximum Gasteiger partial charge on any atom is 0.165 e. The van der Waals surface area contributed by atoms with Crippen molar-refractivity contribution in [1.29, 1.82) is 5.26 Å². The summed E-state index contributed by atoms with van der Waals surface area (Å²) in [4.78, 5) is 0. The lowest BCUT2D eigenvalue weighted by atomic mass is 9.94. The van der Waals surface area contributed by atoms with E-state index in [2.05, 4.69) is 0 Å². The molecule has 0 amide bonds. The summed E-state index contributed by atoms with van der Waals surface area (Å²) in [7, 11) is 0. The molecule has 0 heterocycles. The number of nitrogens with two attached hydrogens (primary N) is 1. The van der Waals surface area contributed by atoms with Gasteiger partial charge in [-0.15, -0.1) is 0 Å². The van der Waals surface area contributed by atoms with Gasteiger partial charge < -0.3 is 10.5 Å². The van der Waals surface area contributed by atoms with Gasteiger partial charge in [0.2, 0.25) is 0 Å². The second-order valence-electron chi connectivity index (χ2n) is 4.31. The Morgan fingerprint density at radius 3 is 2.50 bits per heavy atom. The highest BCUT2D eigenvalue weighted by Crippen LogP contribution is 2.22. The molecule has 0 aliphatic carbocycles. The fraction of sp³-hybridized carbons (Fsp3) is 0.133. The molecule has 0 spiro atoms. The van der Waals surface area contributed by atoms with Crippen LogP contribution in [0, 0.1) is 23.0 Å². The van der Waals surface area contributed by atoms with Crippen molar-refractivity contribution in [3.8, 4) is 11.8 Å². The number of hydrogen-bond donors (Lipinski definition) is 1. The van der Waals surface area contributed by atoms with Crippen molar-refractivity contribution >= 4 is 0 Å². The first kappa shape index (κ1) is 14.0. The van der Waals surface area contributed by atoms with E-state index in [1.807, 2.05) is 6.07 Å². The number of halogens is 2. The van der Waals surface area contributed by atoms with Crippen LogP contribution in [0.5, 0.6) is 5.75 Å². The predicted octanol–water partition coefficient (Wildman–Crippen LogP) is 2.72. The molecule has 102 valence electrons. The van der Waals surface area contributed by atoms with E-state index in [1.165, 1.54) is 0 Å². The Labute approximate surface area is 115 Å². The largest absolute Gasteiger partial charge is 0.487 e. The van der Waals surface area contributed by atoms with Crippen LogP contribution >= 0.6 is 0 Å². The molecule has 20 heavy (non-hydrogen) atoms. The Hall–Kier alpha value is -2.45. The van der Waals surface area contributed by atoms with Crippen LogP contribution in [0.3, 0.4) is 0 Å². The molecule has 1 unspecified atom stereocenters. The van der Waals surface area contributed by atoms with E-state index in [9.17, 15) is 14.0 Å². The van der Waals surface area contributed by atoms with Gasteiger partial charge in [0.05, 0.1) is 6.07 Å². The lowest BCUT2D eigenvalue weighted by Crippen LogP contribution is -2.41. The first-order valence-electron chi connectivity index (χ1n) is 5.89. The number of nitriles is 1.